The summed E-state index contributed by atoms with van der Waals surface area (Å²) in [5.74, 6) is -0.106. The zero-order chi connectivity index (χ0) is 18.4. The molecule has 25 heavy (non-hydrogen) atoms. The molecule has 0 aliphatic carbocycles. The van der Waals surface area contributed by atoms with Gasteiger partial charge in [-0.1, -0.05) is 18.2 Å². The summed E-state index contributed by atoms with van der Waals surface area (Å²) in [6.45, 7) is 7.23. The van der Waals surface area contributed by atoms with E-state index in [4.69, 9.17) is 5.26 Å². The summed E-state index contributed by atoms with van der Waals surface area (Å²) in [5, 5.41) is 11.9. The minimum Gasteiger partial charge on any atom is -0.351 e. The van der Waals surface area contributed by atoms with Gasteiger partial charge in [-0.05, 0) is 19.1 Å². The van der Waals surface area contributed by atoms with E-state index in [-0.39, 0.29) is 35.5 Å². The molecule has 0 aromatic heterocycles. The number of carbonyl (C=O) groups excluding carboxylic acids is 1. The van der Waals surface area contributed by atoms with Crippen LogP contribution in [0.2, 0.25) is 0 Å². The lowest BCUT2D eigenvalue weighted by atomic mass is 10.2. The summed E-state index contributed by atoms with van der Waals surface area (Å²) in [5.41, 5.74) is 0.141. The Balaban J connectivity index is 2.05. The summed E-state index contributed by atoms with van der Waals surface area (Å²) in [7, 11) is -3.72. The van der Waals surface area contributed by atoms with Crippen LogP contribution in [0.1, 0.15) is 12.5 Å². The van der Waals surface area contributed by atoms with Crippen molar-refractivity contribution in [1.29, 1.82) is 5.26 Å². The van der Waals surface area contributed by atoms with Crippen molar-refractivity contribution >= 4 is 15.9 Å². The van der Waals surface area contributed by atoms with E-state index in [9.17, 15) is 13.2 Å². The van der Waals surface area contributed by atoms with Crippen LogP contribution in [-0.4, -0.2) is 62.3 Å². The van der Waals surface area contributed by atoms with Crippen molar-refractivity contribution < 1.29 is 13.2 Å². The minimum absolute atomic E-state index is 0.0303. The van der Waals surface area contributed by atoms with Crippen molar-refractivity contribution in [2.75, 3.05) is 32.7 Å². The van der Waals surface area contributed by atoms with Crippen LogP contribution >= 0.6 is 0 Å². The second-order valence-corrected chi connectivity index (χ2v) is 7.66. The van der Waals surface area contributed by atoms with E-state index in [1.54, 1.807) is 25.1 Å². The number of nitrogens with one attached hydrogen (secondary N) is 1. The maximum absolute atomic E-state index is 12.8. The number of hydrogen-bond donors (Lipinski definition) is 1. The standard InChI is InChI=1S/C17H22N4O3S/c1-3-8-19-17(22)14(2)20-9-11-21(12-10-20)25(23,24)16-7-5-4-6-15(16)13-18/h3-7,14H,1,8-12H2,2H3,(H,19,22). The molecule has 1 aromatic rings. The third-order valence-corrected chi connectivity index (χ3v) is 6.20. The molecule has 1 aliphatic heterocycles. The fraction of sp³-hybridized carbons (Fsp3) is 0.412. The third kappa shape index (κ3) is 4.25. The molecule has 1 atom stereocenters. The highest BCUT2D eigenvalue weighted by atomic mass is 32.2. The first-order valence-electron chi connectivity index (χ1n) is 8.03. The average Bonchev–Trinajstić information content (AvgIpc) is 2.65. The molecular formula is C17H22N4O3S. The SMILES string of the molecule is C=CCNC(=O)C(C)N1CCN(S(=O)(=O)c2ccccc2C#N)CC1. The van der Waals surface area contributed by atoms with Gasteiger partial charge in [-0.15, -0.1) is 6.58 Å². The molecule has 8 heteroatoms. The second-order valence-electron chi connectivity index (χ2n) is 5.76. The molecule has 2 rings (SSSR count). The number of nitriles is 1. The molecule has 1 fully saturated rings. The van der Waals surface area contributed by atoms with Crippen molar-refractivity contribution in [2.45, 2.75) is 17.9 Å². The second kappa shape index (κ2) is 8.25. The first kappa shape index (κ1) is 19.1. The van der Waals surface area contributed by atoms with E-state index in [2.05, 4.69) is 11.9 Å². The Morgan fingerprint density at radius 1 is 1.36 bits per heavy atom. The molecule has 1 saturated heterocycles. The molecule has 1 aliphatic rings. The summed E-state index contributed by atoms with van der Waals surface area (Å²) < 4.78 is 26.9. The number of amides is 1. The molecule has 0 bridgehead atoms. The van der Waals surface area contributed by atoms with Crippen LogP contribution in [0.25, 0.3) is 0 Å². The van der Waals surface area contributed by atoms with Crippen LogP contribution in [0.3, 0.4) is 0 Å². The van der Waals surface area contributed by atoms with E-state index >= 15 is 0 Å². The molecule has 1 unspecified atom stereocenters. The number of piperazine rings is 1. The van der Waals surface area contributed by atoms with Gasteiger partial charge in [0, 0.05) is 32.7 Å². The van der Waals surface area contributed by atoms with Crippen molar-refractivity contribution in [3.05, 3.63) is 42.5 Å². The number of hydrogen-bond acceptors (Lipinski definition) is 5. The van der Waals surface area contributed by atoms with Gasteiger partial charge in [0.1, 0.15) is 6.07 Å². The van der Waals surface area contributed by atoms with Gasteiger partial charge in [0.2, 0.25) is 15.9 Å². The highest BCUT2D eigenvalue weighted by Crippen LogP contribution is 2.21. The fourth-order valence-electron chi connectivity index (χ4n) is 2.74. The maximum Gasteiger partial charge on any atom is 0.244 e. The summed E-state index contributed by atoms with van der Waals surface area (Å²) >= 11 is 0. The van der Waals surface area contributed by atoms with Crippen LogP contribution in [0.5, 0.6) is 0 Å². The summed E-state index contributed by atoms with van der Waals surface area (Å²) in [6, 6.07) is 7.78. The first-order valence-corrected chi connectivity index (χ1v) is 9.47. The quantitative estimate of drug-likeness (QED) is 0.746. The van der Waals surface area contributed by atoms with Crippen molar-refractivity contribution in [1.82, 2.24) is 14.5 Å². The van der Waals surface area contributed by atoms with Crippen LogP contribution in [0.4, 0.5) is 0 Å². The molecule has 7 nitrogen and oxygen atoms in total. The van der Waals surface area contributed by atoms with Gasteiger partial charge in [-0.2, -0.15) is 9.57 Å². The molecule has 134 valence electrons. The largest absolute Gasteiger partial charge is 0.351 e. The zero-order valence-corrected chi connectivity index (χ0v) is 15.0. The Labute approximate surface area is 148 Å². The van der Waals surface area contributed by atoms with Gasteiger partial charge < -0.3 is 5.32 Å². The zero-order valence-electron chi connectivity index (χ0n) is 14.2. The van der Waals surface area contributed by atoms with Crippen LogP contribution < -0.4 is 5.32 Å². The van der Waals surface area contributed by atoms with Gasteiger partial charge in [-0.25, -0.2) is 8.42 Å². The molecule has 0 spiro atoms. The number of benzene rings is 1. The van der Waals surface area contributed by atoms with Gasteiger partial charge in [0.15, 0.2) is 0 Å². The normalized spacial score (nSPS) is 17.4. The van der Waals surface area contributed by atoms with E-state index in [1.165, 1.54) is 16.4 Å². The van der Waals surface area contributed by atoms with Crippen molar-refractivity contribution in [3.8, 4) is 6.07 Å². The lowest BCUT2D eigenvalue weighted by molar-refractivity contribution is -0.126. The Bertz CT molecular complexity index is 777. The van der Waals surface area contributed by atoms with Crippen LogP contribution in [0.15, 0.2) is 41.8 Å². The monoisotopic (exact) mass is 362 g/mol. The molecule has 1 N–H and O–H groups in total. The molecule has 0 radical (unpaired) electrons. The van der Waals surface area contributed by atoms with Gasteiger partial charge in [-0.3, -0.25) is 9.69 Å². The molecule has 1 heterocycles. The topological polar surface area (TPSA) is 93.5 Å². The van der Waals surface area contributed by atoms with E-state index in [0.717, 1.165) is 0 Å². The number of nitrogens with zero attached hydrogens (tertiary/aromatic N) is 3. The van der Waals surface area contributed by atoms with Gasteiger partial charge in [0.25, 0.3) is 0 Å². The van der Waals surface area contributed by atoms with E-state index in [1.807, 2.05) is 11.0 Å². The van der Waals surface area contributed by atoms with E-state index in [0.29, 0.717) is 19.6 Å². The maximum atomic E-state index is 12.8. The molecular weight excluding hydrogens is 340 g/mol. The lowest BCUT2D eigenvalue weighted by Crippen LogP contribution is -2.54. The van der Waals surface area contributed by atoms with Crippen LogP contribution in [0, 0.1) is 11.3 Å². The predicted molar refractivity (Wildman–Crippen MR) is 94.2 cm³/mol. The average molecular weight is 362 g/mol. The first-order chi connectivity index (χ1) is 11.9. The Kier molecular flexibility index (Phi) is 6.31. The highest BCUT2D eigenvalue weighted by Gasteiger charge is 2.32. The summed E-state index contributed by atoms with van der Waals surface area (Å²) in [6.07, 6.45) is 1.61. The smallest absolute Gasteiger partial charge is 0.244 e. The third-order valence-electron chi connectivity index (χ3n) is 4.25. The fourth-order valence-corrected chi connectivity index (χ4v) is 4.30. The van der Waals surface area contributed by atoms with Gasteiger partial charge >= 0.3 is 0 Å². The van der Waals surface area contributed by atoms with Crippen LogP contribution in [-0.2, 0) is 14.8 Å². The summed E-state index contributed by atoms with van der Waals surface area (Å²) in [4.78, 5) is 14.0. The van der Waals surface area contributed by atoms with E-state index < -0.39 is 10.0 Å². The lowest BCUT2D eigenvalue weighted by Gasteiger charge is -2.36. The van der Waals surface area contributed by atoms with Crippen molar-refractivity contribution in [2.24, 2.45) is 0 Å². The number of sulfonamides is 1. The molecule has 1 amide bonds. The molecule has 1 aromatic carbocycles. The molecule has 0 saturated carbocycles. The van der Waals surface area contributed by atoms with Gasteiger partial charge in [0.05, 0.1) is 16.5 Å². The minimum atomic E-state index is -3.72. The number of rotatable bonds is 6. The predicted octanol–water partition coefficient (Wildman–Crippen LogP) is 0.555. The Morgan fingerprint density at radius 2 is 2.00 bits per heavy atom. The highest BCUT2D eigenvalue weighted by molar-refractivity contribution is 7.89. The Morgan fingerprint density at radius 3 is 2.60 bits per heavy atom. The number of carbonyl (C=O) groups is 1. The Hall–Kier alpha value is -2.21. The van der Waals surface area contributed by atoms with Crippen molar-refractivity contribution in [3.63, 3.8) is 0 Å².